The summed E-state index contributed by atoms with van der Waals surface area (Å²) in [6.07, 6.45) is 2.13. The van der Waals surface area contributed by atoms with Crippen LogP contribution < -0.4 is 5.32 Å². The average molecular weight is 421 g/mol. The van der Waals surface area contributed by atoms with Crippen molar-refractivity contribution in [3.8, 4) is 0 Å². The Bertz CT molecular complexity index is 437. The van der Waals surface area contributed by atoms with Gasteiger partial charge in [0.1, 0.15) is 0 Å². The molecule has 0 bridgehead atoms. The Labute approximate surface area is 151 Å². The van der Waals surface area contributed by atoms with E-state index in [-0.39, 0.29) is 24.0 Å². The van der Waals surface area contributed by atoms with E-state index in [1.807, 2.05) is 11.8 Å². The Balaban J connectivity index is 0.00000400. The largest absolute Gasteiger partial charge is 0.357 e. The number of aryl methyl sites for hydroxylation is 1. The molecule has 0 aliphatic heterocycles. The van der Waals surface area contributed by atoms with Gasteiger partial charge in [0.25, 0.3) is 0 Å². The molecule has 1 atom stereocenters. The first-order chi connectivity index (χ1) is 9.58. The Morgan fingerprint density at radius 2 is 2.05 bits per heavy atom. The van der Waals surface area contributed by atoms with Gasteiger partial charge in [-0.25, -0.2) is 0 Å². The second-order valence-corrected chi connectivity index (χ2v) is 6.30. The quantitative estimate of drug-likeness (QED) is 0.431. The normalized spacial score (nSPS) is 12.5. The fourth-order valence-electron chi connectivity index (χ4n) is 1.88. The highest BCUT2D eigenvalue weighted by Crippen LogP contribution is 2.10. The summed E-state index contributed by atoms with van der Waals surface area (Å²) in [4.78, 5) is 6.91. The Hall–Kier alpha value is -0.430. The smallest absolute Gasteiger partial charge is 0.193 e. The van der Waals surface area contributed by atoms with Crippen LogP contribution in [0.1, 0.15) is 25.0 Å². The van der Waals surface area contributed by atoms with Crippen LogP contribution in [-0.4, -0.2) is 42.5 Å². The van der Waals surface area contributed by atoms with Gasteiger partial charge in [0.15, 0.2) is 5.96 Å². The Kier molecular flexibility index (Phi) is 11.0. The number of thioether (sulfide) groups is 1. The van der Waals surface area contributed by atoms with Crippen LogP contribution in [0.4, 0.5) is 0 Å². The molecule has 0 saturated carbocycles. The van der Waals surface area contributed by atoms with Gasteiger partial charge in [-0.3, -0.25) is 4.99 Å². The van der Waals surface area contributed by atoms with Gasteiger partial charge in [0.05, 0.1) is 6.54 Å². The van der Waals surface area contributed by atoms with Gasteiger partial charge >= 0.3 is 0 Å². The van der Waals surface area contributed by atoms with E-state index in [2.05, 4.69) is 68.6 Å². The zero-order chi connectivity index (χ0) is 15.0. The van der Waals surface area contributed by atoms with E-state index in [0.29, 0.717) is 5.25 Å². The minimum absolute atomic E-state index is 0. The van der Waals surface area contributed by atoms with Gasteiger partial charge in [0.2, 0.25) is 0 Å². The van der Waals surface area contributed by atoms with Crippen molar-refractivity contribution in [2.45, 2.75) is 32.6 Å². The van der Waals surface area contributed by atoms with Crippen LogP contribution >= 0.6 is 35.7 Å². The molecule has 3 nitrogen and oxygen atoms in total. The summed E-state index contributed by atoms with van der Waals surface area (Å²) in [5.74, 6) is 0.983. The summed E-state index contributed by atoms with van der Waals surface area (Å²) in [6, 6.07) is 8.51. The molecule has 21 heavy (non-hydrogen) atoms. The van der Waals surface area contributed by atoms with Gasteiger partial charge in [-0.2, -0.15) is 11.8 Å². The third kappa shape index (κ3) is 7.40. The van der Waals surface area contributed by atoms with Crippen LogP contribution in [0.3, 0.4) is 0 Å². The number of guanidine groups is 1. The maximum absolute atomic E-state index is 4.72. The lowest BCUT2D eigenvalue weighted by atomic mass is 10.1. The number of aliphatic imine (C=N–C) groups is 1. The molecule has 5 heteroatoms. The first-order valence-electron chi connectivity index (χ1n) is 7.15. The van der Waals surface area contributed by atoms with E-state index in [0.717, 1.165) is 25.6 Å². The van der Waals surface area contributed by atoms with Crippen LogP contribution in [0.5, 0.6) is 0 Å². The highest BCUT2D eigenvalue weighted by molar-refractivity contribution is 14.0. The minimum Gasteiger partial charge on any atom is -0.357 e. The molecular weight excluding hydrogens is 393 g/mol. The van der Waals surface area contributed by atoms with E-state index >= 15 is 0 Å². The maximum Gasteiger partial charge on any atom is 0.193 e. The average Bonchev–Trinajstić information content (AvgIpc) is 2.45. The van der Waals surface area contributed by atoms with Crippen molar-refractivity contribution in [3.05, 3.63) is 35.4 Å². The lowest BCUT2D eigenvalue weighted by Crippen LogP contribution is -2.39. The summed E-state index contributed by atoms with van der Waals surface area (Å²) >= 11 is 1.85. The van der Waals surface area contributed by atoms with Crippen LogP contribution in [0.25, 0.3) is 0 Å². The molecule has 1 rings (SSSR count). The Morgan fingerprint density at radius 3 is 2.62 bits per heavy atom. The fraction of sp³-hybridized carbons (Fsp3) is 0.562. The van der Waals surface area contributed by atoms with Gasteiger partial charge < -0.3 is 10.2 Å². The molecule has 1 aromatic rings. The molecule has 0 radical (unpaired) electrons. The molecule has 0 fully saturated rings. The molecule has 0 aliphatic rings. The lowest BCUT2D eigenvalue weighted by Gasteiger charge is -2.23. The highest BCUT2D eigenvalue weighted by atomic mass is 127. The number of hydrogen-bond acceptors (Lipinski definition) is 2. The minimum atomic E-state index is 0. The third-order valence-electron chi connectivity index (χ3n) is 3.27. The van der Waals surface area contributed by atoms with Crippen molar-refractivity contribution in [2.75, 3.05) is 26.4 Å². The number of rotatable bonds is 6. The molecule has 1 unspecified atom stereocenters. The van der Waals surface area contributed by atoms with Gasteiger partial charge in [-0.05, 0) is 31.2 Å². The summed E-state index contributed by atoms with van der Waals surface area (Å²) in [6.45, 7) is 9.09. The fourth-order valence-corrected chi connectivity index (χ4v) is 2.10. The number of halogens is 1. The summed E-state index contributed by atoms with van der Waals surface area (Å²) in [5, 5.41) is 3.92. The van der Waals surface area contributed by atoms with E-state index in [1.54, 1.807) is 0 Å². The van der Waals surface area contributed by atoms with Crippen molar-refractivity contribution in [2.24, 2.45) is 4.99 Å². The molecular formula is C16H28IN3S. The van der Waals surface area contributed by atoms with Crippen LogP contribution in [0.15, 0.2) is 29.3 Å². The summed E-state index contributed by atoms with van der Waals surface area (Å²) in [7, 11) is 2.09. The van der Waals surface area contributed by atoms with E-state index < -0.39 is 0 Å². The molecule has 0 aliphatic carbocycles. The first kappa shape index (κ1) is 20.6. The maximum atomic E-state index is 4.72. The van der Waals surface area contributed by atoms with Crippen LogP contribution in [0, 0.1) is 6.92 Å². The SMILES string of the molecule is CCNC(=NCC(C)SC)N(C)Cc1ccccc1C.I. The van der Waals surface area contributed by atoms with Gasteiger partial charge in [0, 0.05) is 25.4 Å². The second kappa shape index (κ2) is 11.2. The molecule has 1 aromatic carbocycles. The van der Waals surface area contributed by atoms with E-state index in [9.17, 15) is 0 Å². The number of nitrogens with zero attached hydrogens (tertiary/aromatic N) is 2. The van der Waals surface area contributed by atoms with Crippen molar-refractivity contribution in [1.82, 2.24) is 10.2 Å². The molecule has 0 amide bonds. The zero-order valence-corrected chi connectivity index (χ0v) is 16.9. The molecule has 0 spiro atoms. The van der Waals surface area contributed by atoms with E-state index in [4.69, 9.17) is 4.99 Å². The number of nitrogens with one attached hydrogen (secondary N) is 1. The topological polar surface area (TPSA) is 27.6 Å². The van der Waals surface area contributed by atoms with Crippen molar-refractivity contribution >= 4 is 41.7 Å². The number of hydrogen-bond donors (Lipinski definition) is 1. The highest BCUT2D eigenvalue weighted by Gasteiger charge is 2.08. The first-order valence-corrected chi connectivity index (χ1v) is 8.44. The number of benzene rings is 1. The van der Waals surface area contributed by atoms with Gasteiger partial charge in [-0.15, -0.1) is 24.0 Å². The standard InChI is InChI=1S/C16H27N3S.HI/c1-6-17-16(18-11-14(3)20-5)19(4)12-15-10-8-7-9-13(15)2;/h7-10,14H,6,11-12H2,1-5H3,(H,17,18);1H. The molecule has 0 saturated heterocycles. The predicted octanol–water partition coefficient (Wildman–Crippen LogP) is 3.76. The second-order valence-electron chi connectivity index (χ2n) is 5.02. The lowest BCUT2D eigenvalue weighted by molar-refractivity contribution is 0.476. The predicted molar refractivity (Wildman–Crippen MR) is 107 cm³/mol. The van der Waals surface area contributed by atoms with E-state index in [1.165, 1.54) is 11.1 Å². The van der Waals surface area contributed by atoms with Crippen LogP contribution in [-0.2, 0) is 6.54 Å². The molecule has 0 aromatic heterocycles. The summed E-state index contributed by atoms with van der Waals surface area (Å²) in [5.41, 5.74) is 2.67. The van der Waals surface area contributed by atoms with Crippen molar-refractivity contribution in [3.63, 3.8) is 0 Å². The molecule has 1 N–H and O–H groups in total. The summed E-state index contributed by atoms with van der Waals surface area (Å²) < 4.78 is 0. The molecule has 120 valence electrons. The van der Waals surface area contributed by atoms with Crippen LogP contribution in [0.2, 0.25) is 0 Å². The third-order valence-corrected chi connectivity index (χ3v) is 4.22. The van der Waals surface area contributed by atoms with Crippen molar-refractivity contribution in [1.29, 1.82) is 0 Å². The van der Waals surface area contributed by atoms with Crippen molar-refractivity contribution < 1.29 is 0 Å². The monoisotopic (exact) mass is 421 g/mol. The zero-order valence-electron chi connectivity index (χ0n) is 13.7. The molecule has 0 heterocycles. The van der Waals surface area contributed by atoms with Gasteiger partial charge in [-0.1, -0.05) is 31.2 Å². The Morgan fingerprint density at radius 1 is 1.38 bits per heavy atom.